The Morgan fingerprint density at radius 1 is 1.04 bits per heavy atom. The Bertz CT molecular complexity index is 1040. The molecule has 5 rings (SSSR count). The first-order chi connectivity index (χ1) is 12.6. The Morgan fingerprint density at radius 3 is 2.54 bits per heavy atom. The predicted octanol–water partition coefficient (Wildman–Crippen LogP) is 3.34. The molecule has 3 nitrogen and oxygen atoms in total. The zero-order valence-electron chi connectivity index (χ0n) is 13.7. The van der Waals surface area contributed by atoms with E-state index in [-0.39, 0.29) is 17.0 Å². The average Bonchev–Trinajstić information content (AvgIpc) is 3.20. The second-order valence-corrected chi connectivity index (χ2v) is 15.7. The van der Waals surface area contributed by atoms with Gasteiger partial charge in [-0.3, -0.25) is 0 Å². The fraction of sp³-hybridized carbons (Fsp3) is 0.100. The number of halogens is 1. The van der Waals surface area contributed by atoms with E-state index in [1.165, 1.54) is 27.7 Å². The van der Waals surface area contributed by atoms with Crippen LogP contribution >= 0.6 is 11.8 Å². The van der Waals surface area contributed by atoms with Gasteiger partial charge in [-0.1, -0.05) is 0 Å². The number of allylic oxidation sites excluding steroid dienone is 1. The fourth-order valence-corrected chi connectivity index (χ4v) is 16.5. The summed E-state index contributed by atoms with van der Waals surface area (Å²) in [5, 5.41) is 2.12. The van der Waals surface area contributed by atoms with Gasteiger partial charge in [0.2, 0.25) is 0 Å². The number of carbonyl (C=O) groups is 2. The predicted molar refractivity (Wildman–Crippen MR) is 103 cm³/mol. The Kier molecular flexibility index (Phi) is 3.87. The van der Waals surface area contributed by atoms with E-state index in [2.05, 4.69) is 29.6 Å². The zero-order chi connectivity index (χ0) is 17.8. The van der Waals surface area contributed by atoms with Crippen molar-refractivity contribution in [2.24, 2.45) is 0 Å². The van der Waals surface area contributed by atoms with E-state index in [1.807, 2.05) is 12.1 Å². The van der Waals surface area contributed by atoms with Crippen molar-refractivity contribution in [3.8, 4) is 0 Å². The standard InChI is InChI=1S/C20H13FNO2S.In/c21-17-11-9-14(10-12-17)5-1-2-6-15-7-3-4-8-16(15)13-18-19(23)22-20(24)25-18;/h3-4,6,8-12H,1,5H2,(H,22,23,24);. The molecule has 4 bridgehead atoms. The van der Waals surface area contributed by atoms with Crippen LogP contribution < -0.4 is 8.64 Å². The van der Waals surface area contributed by atoms with Gasteiger partial charge in [0.15, 0.2) is 0 Å². The van der Waals surface area contributed by atoms with Gasteiger partial charge in [0.1, 0.15) is 0 Å². The number of benzene rings is 2. The molecule has 3 heterocycles. The molecule has 0 radical (unpaired) electrons. The van der Waals surface area contributed by atoms with Crippen LogP contribution in [0, 0.1) is 5.82 Å². The summed E-state index contributed by atoms with van der Waals surface area (Å²) in [6.07, 6.45) is 4.10. The normalized spacial score (nSPS) is 20.0. The van der Waals surface area contributed by atoms with E-state index in [0.29, 0.717) is 4.91 Å². The van der Waals surface area contributed by atoms with Crippen LogP contribution in [0.3, 0.4) is 0 Å². The van der Waals surface area contributed by atoms with Crippen molar-refractivity contribution in [2.75, 3.05) is 0 Å². The molecule has 0 spiro atoms. The molecule has 3 aliphatic heterocycles. The number of amides is 2. The van der Waals surface area contributed by atoms with Gasteiger partial charge in [-0.05, 0) is 0 Å². The van der Waals surface area contributed by atoms with Crippen LogP contribution in [0.15, 0.2) is 50.7 Å². The quantitative estimate of drug-likeness (QED) is 0.708. The Balaban J connectivity index is 1.49. The topological polar surface area (TPSA) is 46.2 Å². The van der Waals surface area contributed by atoms with E-state index in [0.717, 1.165) is 35.7 Å². The molecule has 26 heavy (non-hydrogen) atoms. The number of imide groups is 1. The molecular weight excluding hydrogens is 452 g/mol. The van der Waals surface area contributed by atoms with Crippen LogP contribution in [0.25, 0.3) is 9.41 Å². The monoisotopic (exact) mass is 465 g/mol. The van der Waals surface area contributed by atoms with Gasteiger partial charge in [0.05, 0.1) is 0 Å². The van der Waals surface area contributed by atoms with Crippen LogP contribution in [0.1, 0.15) is 23.1 Å². The van der Waals surface area contributed by atoms with Gasteiger partial charge in [-0.2, -0.15) is 0 Å². The average molecular weight is 465 g/mol. The third kappa shape index (κ3) is 2.50. The molecule has 1 fully saturated rings. The Hall–Kier alpha value is -1.79. The second-order valence-electron chi connectivity index (χ2n) is 6.67. The van der Waals surface area contributed by atoms with Crippen molar-refractivity contribution in [1.29, 1.82) is 0 Å². The van der Waals surface area contributed by atoms with E-state index >= 15 is 0 Å². The first kappa shape index (κ1) is 16.4. The van der Waals surface area contributed by atoms with Crippen LogP contribution in [0.4, 0.5) is 9.18 Å². The summed E-state index contributed by atoms with van der Waals surface area (Å²) in [6.45, 7) is 0. The van der Waals surface area contributed by atoms with Gasteiger partial charge in [-0.15, -0.1) is 0 Å². The van der Waals surface area contributed by atoms with E-state index in [1.54, 1.807) is 0 Å². The summed E-state index contributed by atoms with van der Waals surface area (Å²) in [4.78, 5) is 24.5. The number of aryl methyl sites for hydroxylation is 1. The first-order valence-corrected chi connectivity index (χ1v) is 14.2. The molecule has 1 N–H and O–H groups in total. The van der Waals surface area contributed by atoms with Crippen LogP contribution in [0.2, 0.25) is 0 Å². The molecule has 1 saturated heterocycles. The number of thioether (sulfide) groups is 1. The SMILES string of the molecule is O=C1NC(=O)/C(=[C]2\c3ccc[c]4c3C=[C](CCc3ccc(F)cc3)[In]24)S1. The summed E-state index contributed by atoms with van der Waals surface area (Å²) in [5.74, 6) is -0.463. The Morgan fingerprint density at radius 2 is 1.85 bits per heavy atom. The number of carbonyl (C=O) groups excluding carboxylic acids is 2. The summed E-state index contributed by atoms with van der Waals surface area (Å²) in [6, 6.07) is 13.0. The van der Waals surface area contributed by atoms with E-state index < -0.39 is 21.4 Å². The first-order valence-electron chi connectivity index (χ1n) is 8.47. The van der Waals surface area contributed by atoms with Gasteiger partial charge < -0.3 is 0 Å². The van der Waals surface area contributed by atoms with Gasteiger partial charge in [0, 0.05) is 0 Å². The maximum atomic E-state index is 13.1. The van der Waals surface area contributed by atoms with Crippen molar-refractivity contribution in [2.45, 2.75) is 12.8 Å². The van der Waals surface area contributed by atoms with Gasteiger partial charge in [0.25, 0.3) is 0 Å². The molecule has 0 aliphatic carbocycles. The molecule has 3 aliphatic rings. The number of nitrogens with one attached hydrogen (secondary N) is 1. The van der Waals surface area contributed by atoms with E-state index in [9.17, 15) is 14.0 Å². The van der Waals surface area contributed by atoms with Gasteiger partial charge in [-0.25, -0.2) is 0 Å². The number of hydrogen-bond donors (Lipinski definition) is 1. The molecule has 0 saturated carbocycles. The molecule has 6 heteroatoms. The minimum absolute atomic E-state index is 0.218. The zero-order valence-corrected chi connectivity index (χ0v) is 17.8. The summed E-state index contributed by atoms with van der Waals surface area (Å²) in [5.41, 5.74) is 3.53. The van der Waals surface area contributed by atoms with Crippen LogP contribution in [-0.2, 0) is 11.2 Å². The molecule has 0 atom stereocenters. The summed E-state index contributed by atoms with van der Waals surface area (Å²) in [7, 11) is 0. The fourth-order valence-electron chi connectivity index (χ4n) is 4.10. The second kappa shape index (κ2) is 6.13. The summed E-state index contributed by atoms with van der Waals surface area (Å²) < 4.78 is 17.2. The van der Waals surface area contributed by atoms with Crippen molar-refractivity contribution in [3.63, 3.8) is 0 Å². The molecule has 126 valence electrons. The maximum absolute atomic E-state index is 13.1. The van der Waals surface area contributed by atoms with Crippen LogP contribution in [0.5, 0.6) is 0 Å². The minimum atomic E-state index is -2.50. The molecule has 2 amide bonds. The van der Waals surface area contributed by atoms with Crippen molar-refractivity contribution in [1.82, 2.24) is 5.32 Å². The molecule has 0 aromatic heterocycles. The number of hydrogen-bond acceptors (Lipinski definition) is 3. The van der Waals surface area contributed by atoms with Crippen molar-refractivity contribution in [3.05, 3.63) is 73.2 Å². The van der Waals surface area contributed by atoms with Crippen molar-refractivity contribution >= 4 is 57.1 Å². The van der Waals surface area contributed by atoms with Crippen molar-refractivity contribution < 1.29 is 14.0 Å². The van der Waals surface area contributed by atoms with Gasteiger partial charge >= 0.3 is 162 Å². The molecule has 2 aromatic carbocycles. The molecule has 0 unspecified atom stereocenters. The Labute approximate surface area is 161 Å². The third-order valence-electron chi connectivity index (χ3n) is 5.21. The van der Waals surface area contributed by atoms with Crippen LogP contribution in [-0.4, -0.2) is 32.6 Å². The third-order valence-corrected chi connectivity index (χ3v) is 16.7. The molecular formula is C20H13FInNO2S. The number of rotatable bonds is 3. The molecule has 2 aromatic rings. The van der Waals surface area contributed by atoms with E-state index in [4.69, 9.17) is 0 Å². The summed E-state index contributed by atoms with van der Waals surface area (Å²) >= 11 is -1.46.